The van der Waals surface area contributed by atoms with Crippen LogP contribution in [0.15, 0.2) is 53.9 Å². The Labute approximate surface area is 380 Å². The van der Waals surface area contributed by atoms with Crippen LogP contribution in [-0.4, -0.2) is 52.0 Å². The minimum Gasteiger partial charge on any atom is -0.365 e. The molecule has 57 heavy (non-hydrogen) atoms. The van der Waals surface area contributed by atoms with Crippen molar-refractivity contribution in [2.45, 2.75) is 119 Å². The minimum absolute atomic E-state index is 0. The van der Waals surface area contributed by atoms with E-state index in [1.54, 1.807) is 71.8 Å². The molecule has 0 atom stereocenters. The van der Waals surface area contributed by atoms with E-state index in [1.807, 2.05) is 18.2 Å². The van der Waals surface area contributed by atoms with Crippen LogP contribution in [0.2, 0.25) is 0 Å². The largest absolute Gasteiger partial charge is 0.365 e. The van der Waals surface area contributed by atoms with Crippen LogP contribution in [0, 0.1) is 24.7 Å². The molecule has 0 N–H and O–H groups in total. The Balaban J connectivity index is 0.000000399. The SMILES string of the molecule is CCCCP(CCCC)CCCC.CCCCP(CCCC)CCCC.[C-]#Cc1ccc(-c2ccc(-c3cccs3)c3nsnc23)s1.[C-]#Cc1ccc(C=O)s1.[Pt]. The number of aldehydes is 1. The summed E-state index contributed by atoms with van der Waals surface area (Å²) in [6, 6.07) is 15.6. The van der Waals surface area contributed by atoms with Gasteiger partial charge in [0.15, 0.2) is 6.29 Å². The topological polar surface area (TPSA) is 42.9 Å². The molecule has 0 fully saturated rings. The molecule has 0 aliphatic rings. The molecule has 314 valence electrons. The Bertz CT molecular complexity index is 1760. The monoisotopic (exact) mass is 1060 g/mol. The first-order valence-electron chi connectivity index (χ1n) is 20.7. The maximum atomic E-state index is 10.1. The third-order valence-corrected chi connectivity index (χ3v) is 18.1. The van der Waals surface area contributed by atoms with Crippen molar-refractivity contribution in [3.63, 3.8) is 0 Å². The summed E-state index contributed by atoms with van der Waals surface area (Å²) in [5.41, 5.74) is 4.09. The molecule has 0 spiro atoms. The predicted molar refractivity (Wildman–Crippen MR) is 259 cm³/mol. The van der Waals surface area contributed by atoms with E-state index in [2.05, 4.69) is 85.7 Å². The zero-order valence-electron chi connectivity index (χ0n) is 35.1. The summed E-state index contributed by atoms with van der Waals surface area (Å²) in [4.78, 5) is 14.5. The number of fused-ring (bicyclic) bond motifs is 1. The van der Waals surface area contributed by atoms with Crippen LogP contribution in [0.25, 0.3) is 31.9 Å². The number of unbranched alkanes of at least 4 members (excludes halogenated alkanes) is 6. The third-order valence-electron chi connectivity index (χ3n) is 9.03. The van der Waals surface area contributed by atoms with Crippen molar-refractivity contribution in [3.05, 3.63) is 81.4 Å². The number of hydrogen-bond donors (Lipinski definition) is 0. The number of hydrogen-bond acceptors (Lipinski definition) is 7. The average molecular weight is 1060 g/mol. The molecule has 5 rings (SSSR count). The predicted octanol–water partition coefficient (Wildman–Crippen LogP) is 16.3. The van der Waals surface area contributed by atoms with Gasteiger partial charge in [0.05, 0.1) is 11.7 Å². The van der Waals surface area contributed by atoms with E-state index in [9.17, 15) is 4.79 Å². The second-order valence-corrected chi connectivity index (χ2v) is 22.7. The molecule has 0 aliphatic heterocycles. The summed E-state index contributed by atoms with van der Waals surface area (Å²) >= 11 is 5.77. The standard InChI is InChI=1S/C16H7N2S3.2C12H27P.C7H3OS.Pt/c1-2-10-5-8-14(20-10)12-7-6-11(13-4-3-9-19-13)15-16(12)18-21-17-15;2*1-4-7-10-13(11-8-5-2)12-9-6-3;1-2-6-3-4-7(5-8)9-6;/h3-9H;2*4-12H2,1-3H3;3-5H;/q-1;;;-1;. The van der Waals surface area contributed by atoms with Crippen molar-refractivity contribution >= 4 is 78.9 Å². The molecule has 0 saturated carbocycles. The molecule has 4 heterocycles. The van der Waals surface area contributed by atoms with Gasteiger partial charge in [-0.2, -0.15) is 8.75 Å². The van der Waals surface area contributed by atoms with Gasteiger partial charge in [-0.05, 0) is 86.9 Å². The van der Waals surface area contributed by atoms with Gasteiger partial charge in [-0.15, -0.1) is 39.3 Å². The summed E-state index contributed by atoms with van der Waals surface area (Å²) in [6.07, 6.45) is 41.1. The van der Waals surface area contributed by atoms with Gasteiger partial charge in [0, 0.05) is 46.8 Å². The van der Waals surface area contributed by atoms with Crippen molar-refractivity contribution in [1.29, 1.82) is 0 Å². The van der Waals surface area contributed by atoms with Crippen LogP contribution in [0.5, 0.6) is 0 Å². The molecular weight excluding hydrogens is 994 g/mol. The van der Waals surface area contributed by atoms with Gasteiger partial charge in [-0.25, -0.2) is 22.7 Å². The molecule has 1 aromatic carbocycles. The summed E-state index contributed by atoms with van der Waals surface area (Å²) in [7, 11) is 0.843. The van der Waals surface area contributed by atoms with Gasteiger partial charge in [-0.3, -0.25) is 16.6 Å². The van der Waals surface area contributed by atoms with E-state index < -0.39 is 0 Å². The Kier molecular flexibility index (Phi) is 32.1. The van der Waals surface area contributed by atoms with Crippen molar-refractivity contribution in [2.24, 2.45) is 0 Å². The number of thiophene rings is 3. The maximum Gasteiger partial charge on any atom is 0.158 e. The number of carbonyl (C=O) groups excluding carboxylic acids is 1. The average Bonchev–Trinajstić information content (AvgIpc) is 4.09. The first-order valence-corrected chi connectivity index (χ1v) is 27.7. The van der Waals surface area contributed by atoms with Crippen LogP contribution >= 0.6 is 61.6 Å². The van der Waals surface area contributed by atoms with E-state index in [0.717, 1.165) is 38.2 Å². The third kappa shape index (κ3) is 21.0. The Morgan fingerprint density at radius 2 is 1.00 bits per heavy atom. The number of benzene rings is 1. The minimum atomic E-state index is 0. The number of rotatable bonds is 21. The molecule has 0 saturated heterocycles. The molecule has 0 aliphatic carbocycles. The summed E-state index contributed by atoms with van der Waals surface area (Å²) in [5, 5.41) is 2.07. The van der Waals surface area contributed by atoms with Crippen LogP contribution in [0.4, 0.5) is 0 Å². The smallest absolute Gasteiger partial charge is 0.158 e. The normalized spacial score (nSPS) is 10.4. The first-order chi connectivity index (χ1) is 27.4. The summed E-state index contributed by atoms with van der Waals surface area (Å²) in [6.45, 7) is 13.9. The summed E-state index contributed by atoms with van der Waals surface area (Å²) < 4.78 is 8.95. The fourth-order valence-corrected chi connectivity index (χ4v) is 14.4. The van der Waals surface area contributed by atoms with Crippen molar-refractivity contribution < 1.29 is 25.9 Å². The second kappa shape index (κ2) is 34.2. The van der Waals surface area contributed by atoms with Gasteiger partial charge in [-0.1, -0.05) is 120 Å². The zero-order chi connectivity index (χ0) is 40.8. The molecule has 0 radical (unpaired) electrons. The Morgan fingerprint density at radius 3 is 1.33 bits per heavy atom. The first kappa shape index (κ1) is 53.5. The van der Waals surface area contributed by atoms with E-state index in [-0.39, 0.29) is 21.1 Å². The van der Waals surface area contributed by atoms with E-state index in [0.29, 0.717) is 25.6 Å². The van der Waals surface area contributed by atoms with E-state index in [1.165, 1.54) is 105 Å². The van der Waals surface area contributed by atoms with Crippen LogP contribution in [-0.2, 0) is 21.1 Å². The van der Waals surface area contributed by atoms with E-state index >= 15 is 0 Å². The molecule has 0 bridgehead atoms. The van der Waals surface area contributed by atoms with Crippen LogP contribution in [0.1, 0.15) is 138 Å². The van der Waals surface area contributed by atoms with Gasteiger partial charge < -0.3 is 12.8 Å². The number of nitrogens with zero attached hydrogens (tertiary/aromatic N) is 2. The molecule has 4 aromatic heterocycles. The fraction of sp³-hybridized carbons (Fsp3) is 0.511. The zero-order valence-corrected chi connectivity index (χ0v) is 42.5. The van der Waals surface area contributed by atoms with Crippen LogP contribution < -0.4 is 0 Å². The van der Waals surface area contributed by atoms with Crippen molar-refractivity contribution in [3.8, 4) is 32.7 Å². The number of aromatic nitrogens is 2. The molecule has 5 aromatic rings. The van der Waals surface area contributed by atoms with E-state index in [4.69, 9.17) is 12.8 Å². The fourth-order valence-electron chi connectivity index (χ4n) is 5.69. The second-order valence-electron chi connectivity index (χ2n) is 13.6. The Morgan fingerprint density at radius 1 is 0.579 bits per heavy atom. The summed E-state index contributed by atoms with van der Waals surface area (Å²) in [5.74, 6) is 4.62. The van der Waals surface area contributed by atoms with Gasteiger partial charge >= 0.3 is 0 Å². The van der Waals surface area contributed by atoms with Crippen molar-refractivity contribution in [2.75, 3.05) is 37.0 Å². The van der Waals surface area contributed by atoms with Crippen molar-refractivity contribution in [1.82, 2.24) is 8.75 Å². The van der Waals surface area contributed by atoms with Gasteiger partial charge in [0.2, 0.25) is 0 Å². The molecule has 3 nitrogen and oxygen atoms in total. The maximum absolute atomic E-state index is 10.1. The van der Waals surface area contributed by atoms with Gasteiger partial charge in [0.25, 0.3) is 0 Å². The van der Waals surface area contributed by atoms with Gasteiger partial charge in [0.1, 0.15) is 11.0 Å². The van der Waals surface area contributed by atoms with Crippen LogP contribution in [0.3, 0.4) is 0 Å². The number of carbonyl (C=O) groups is 1. The molecule has 0 amide bonds. The molecule has 10 heteroatoms. The molecule has 0 unspecified atom stereocenters. The molecular formula is C47H64N2OP2PtS4-2. The quantitative estimate of drug-likeness (QED) is 0.0318. The Hall–Kier alpha value is -1.52.